The summed E-state index contributed by atoms with van der Waals surface area (Å²) in [6.45, 7) is 7.22. The molecule has 0 aromatic carbocycles. The van der Waals surface area contributed by atoms with Crippen molar-refractivity contribution in [3.05, 3.63) is 0 Å². The van der Waals surface area contributed by atoms with E-state index in [1.165, 1.54) is 12.8 Å². The van der Waals surface area contributed by atoms with Gasteiger partial charge in [-0.2, -0.15) is 0 Å². The molecule has 1 aliphatic carbocycles. The van der Waals surface area contributed by atoms with Crippen molar-refractivity contribution in [2.75, 3.05) is 13.2 Å². The summed E-state index contributed by atoms with van der Waals surface area (Å²) >= 11 is 0. The van der Waals surface area contributed by atoms with Gasteiger partial charge in [0.05, 0.1) is 5.60 Å². The first-order chi connectivity index (χ1) is 8.93. The number of hydrogen-bond acceptors (Lipinski definition) is 3. The van der Waals surface area contributed by atoms with Crippen molar-refractivity contribution in [1.29, 1.82) is 0 Å². The summed E-state index contributed by atoms with van der Waals surface area (Å²) in [5.74, 6) is 0.827. The fourth-order valence-corrected chi connectivity index (χ4v) is 2.65. The van der Waals surface area contributed by atoms with Gasteiger partial charge in [-0.3, -0.25) is 4.79 Å². The van der Waals surface area contributed by atoms with Gasteiger partial charge >= 0.3 is 0 Å². The predicted molar refractivity (Wildman–Crippen MR) is 77.9 cm³/mol. The van der Waals surface area contributed by atoms with Crippen LogP contribution < -0.4 is 11.1 Å². The third kappa shape index (κ3) is 6.92. The van der Waals surface area contributed by atoms with Crippen molar-refractivity contribution in [1.82, 2.24) is 5.32 Å². The van der Waals surface area contributed by atoms with E-state index >= 15 is 0 Å². The van der Waals surface area contributed by atoms with Crippen molar-refractivity contribution < 1.29 is 9.53 Å². The molecule has 0 saturated heterocycles. The van der Waals surface area contributed by atoms with E-state index in [4.69, 9.17) is 10.5 Å². The predicted octanol–water partition coefficient (Wildman–Crippen LogP) is 2.22. The topological polar surface area (TPSA) is 64.3 Å². The molecule has 0 bridgehead atoms. The molecule has 0 spiro atoms. The number of rotatable bonds is 7. The van der Waals surface area contributed by atoms with Crippen LogP contribution in [0, 0.1) is 5.92 Å². The standard InChI is InChI=1S/C15H30N2O2/c1-4-19-15(2,3)11-17-14(18)10-7-12-5-8-13(16)9-6-12/h12-13H,4-11,16H2,1-3H3,(H,17,18). The maximum Gasteiger partial charge on any atom is 0.220 e. The van der Waals surface area contributed by atoms with Gasteiger partial charge in [0.25, 0.3) is 0 Å². The third-order valence-corrected chi connectivity index (χ3v) is 3.92. The molecule has 1 aliphatic rings. The zero-order chi connectivity index (χ0) is 14.3. The maximum atomic E-state index is 11.8. The molecule has 0 radical (unpaired) electrons. The zero-order valence-electron chi connectivity index (χ0n) is 12.7. The van der Waals surface area contributed by atoms with Gasteiger partial charge in [0, 0.05) is 25.6 Å². The lowest BCUT2D eigenvalue weighted by Crippen LogP contribution is -2.40. The van der Waals surface area contributed by atoms with Gasteiger partial charge in [0.2, 0.25) is 5.91 Å². The Kier molecular flexibility index (Phi) is 6.80. The largest absolute Gasteiger partial charge is 0.374 e. The number of hydrogen-bond donors (Lipinski definition) is 2. The van der Waals surface area contributed by atoms with Crippen LogP contribution in [0.25, 0.3) is 0 Å². The Balaban J connectivity index is 2.14. The second-order valence-corrected chi connectivity index (χ2v) is 6.29. The van der Waals surface area contributed by atoms with Crippen LogP contribution in [0.1, 0.15) is 59.3 Å². The molecular formula is C15H30N2O2. The molecular weight excluding hydrogens is 240 g/mol. The molecule has 0 atom stereocenters. The van der Waals surface area contributed by atoms with Gasteiger partial charge in [0.1, 0.15) is 0 Å². The van der Waals surface area contributed by atoms with Crippen LogP contribution in [-0.4, -0.2) is 30.7 Å². The summed E-state index contributed by atoms with van der Waals surface area (Å²) in [6.07, 6.45) is 6.21. The Labute approximate surface area is 117 Å². The minimum atomic E-state index is -0.276. The molecule has 1 amide bonds. The number of ether oxygens (including phenoxy) is 1. The van der Waals surface area contributed by atoms with Crippen LogP contribution in [0.4, 0.5) is 0 Å². The summed E-state index contributed by atoms with van der Waals surface area (Å²) in [4.78, 5) is 11.8. The lowest BCUT2D eigenvalue weighted by molar-refractivity contribution is -0.123. The SMILES string of the molecule is CCOC(C)(C)CNC(=O)CCC1CCC(N)CC1. The quantitative estimate of drug-likeness (QED) is 0.745. The monoisotopic (exact) mass is 270 g/mol. The molecule has 0 aromatic heterocycles. The minimum Gasteiger partial charge on any atom is -0.374 e. The number of amides is 1. The van der Waals surface area contributed by atoms with Crippen LogP contribution in [0.15, 0.2) is 0 Å². The van der Waals surface area contributed by atoms with Gasteiger partial charge in [-0.1, -0.05) is 0 Å². The normalized spacial score (nSPS) is 24.2. The third-order valence-electron chi connectivity index (χ3n) is 3.92. The van der Waals surface area contributed by atoms with Crippen molar-refractivity contribution in [2.24, 2.45) is 11.7 Å². The van der Waals surface area contributed by atoms with E-state index < -0.39 is 0 Å². The lowest BCUT2D eigenvalue weighted by Gasteiger charge is -2.27. The summed E-state index contributed by atoms with van der Waals surface area (Å²) < 4.78 is 5.56. The van der Waals surface area contributed by atoms with Crippen molar-refractivity contribution in [3.63, 3.8) is 0 Å². The highest BCUT2D eigenvalue weighted by Gasteiger charge is 2.21. The zero-order valence-corrected chi connectivity index (χ0v) is 12.7. The number of nitrogens with two attached hydrogens (primary N) is 1. The van der Waals surface area contributed by atoms with E-state index in [0.717, 1.165) is 19.3 Å². The average molecular weight is 270 g/mol. The Morgan fingerprint density at radius 1 is 1.32 bits per heavy atom. The van der Waals surface area contributed by atoms with E-state index in [1.54, 1.807) is 0 Å². The van der Waals surface area contributed by atoms with E-state index in [2.05, 4.69) is 5.32 Å². The van der Waals surface area contributed by atoms with Crippen LogP contribution in [0.5, 0.6) is 0 Å². The first kappa shape index (κ1) is 16.4. The molecule has 19 heavy (non-hydrogen) atoms. The molecule has 0 aliphatic heterocycles. The van der Waals surface area contributed by atoms with Gasteiger partial charge in [-0.05, 0) is 58.8 Å². The fourth-order valence-electron chi connectivity index (χ4n) is 2.65. The van der Waals surface area contributed by atoms with Crippen LogP contribution in [0.3, 0.4) is 0 Å². The average Bonchev–Trinajstić information content (AvgIpc) is 2.36. The van der Waals surface area contributed by atoms with Gasteiger partial charge in [0.15, 0.2) is 0 Å². The molecule has 0 aromatic rings. The molecule has 1 fully saturated rings. The Morgan fingerprint density at radius 2 is 1.95 bits per heavy atom. The van der Waals surface area contributed by atoms with Crippen molar-refractivity contribution in [2.45, 2.75) is 70.9 Å². The molecule has 0 heterocycles. The first-order valence-corrected chi connectivity index (χ1v) is 7.59. The highest BCUT2D eigenvalue weighted by atomic mass is 16.5. The van der Waals surface area contributed by atoms with Crippen LogP contribution >= 0.6 is 0 Å². The fraction of sp³-hybridized carbons (Fsp3) is 0.933. The highest BCUT2D eigenvalue weighted by molar-refractivity contribution is 5.75. The number of carbonyl (C=O) groups excluding carboxylic acids is 1. The van der Waals surface area contributed by atoms with E-state index in [9.17, 15) is 4.79 Å². The molecule has 1 rings (SSSR count). The summed E-state index contributed by atoms with van der Waals surface area (Å²) in [7, 11) is 0. The van der Waals surface area contributed by atoms with Gasteiger partial charge < -0.3 is 15.8 Å². The van der Waals surface area contributed by atoms with Crippen molar-refractivity contribution >= 4 is 5.91 Å². The molecule has 112 valence electrons. The van der Waals surface area contributed by atoms with Crippen LogP contribution in [-0.2, 0) is 9.53 Å². The van der Waals surface area contributed by atoms with Crippen molar-refractivity contribution in [3.8, 4) is 0 Å². The highest BCUT2D eigenvalue weighted by Crippen LogP contribution is 2.26. The molecule has 4 nitrogen and oxygen atoms in total. The number of nitrogens with one attached hydrogen (secondary N) is 1. The molecule has 1 saturated carbocycles. The lowest BCUT2D eigenvalue weighted by atomic mass is 9.84. The summed E-state index contributed by atoms with van der Waals surface area (Å²) in [5, 5.41) is 2.97. The van der Waals surface area contributed by atoms with Gasteiger partial charge in [-0.15, -0.1) is 0 Å². The summed E-state index contributed by atoms with van der Waals surface area (Å²) in [6, 6.07) is 0.386. The smallest absolute Gasteiger partial charge is 0.220 e. The van der Waals surface area contributed by atoms with Crippen LogP contribution in [0.2, 0.25) is 0 Å². The molecule has 0 unspecified atom stereocenters. The first-order valence-electron chi connectivity index (χ1n) is 7.59. The Hall–Kier alpha value is -0.610. The van der Waals surface area contributed by atoms with Gasteiger partial charge in [-0.25, -0.2) is 0 Å². The second kappa shape index (κ2) is 7.85. The number of carbonyl (C=O) groups is 1. The van der Waals surface area contributed by atoms with E-state index in [0.29, 0.717) is 31.5 Å². The Morgan fingerprint density at radius 3 is 2.53 bits per heavy atom. The van der Waals surface area contributed by atoms with E-state index in [-0.39, 0.29) is 11.5 Å². The minimum absolute atomic E-state index is 0.141. The summed E-state index contributed by atoms with van der Waals surface area (Å²) in [5.41, 5.74) is 5.61. The van der Waals surface area contributed by atoms with E-state index in [1.807, 2.05) is 20.8 Å². The molecule has 4 heteroatoms. The second-order valence-electron chi connectivity index (χ2n) is 6.29. The maximum absolute atomic E-state index is 11.8. The molecule has 3 N–H and O–H groups in total. The Bertz CT molecular complexity index is 271.